The lowest BCUT2D eigenvalue weighted by Gasteiger charge is -2.15. The molecule has 0 bridgehead atoms. The van der Waals surface area contributed by atoms with Crippen LogP contribution in [-0.2, 0) is 9.09 Å². The second kappa shape index (κ2) is 6.80. The summed E-state index contributed by atoms with van der Waals surface area (Å²) < 4.78 is 16.9. The molecule has 0 aromatic carbocycles. The fourth-order valence-electron chi connectivity index (χ4n) is 0.910. The van der Waals surface area contributed by atoms with E-state index >= 15 is 0 Å². The van der Waals surface area contributed by atoms with Crippen LogP contribution in [0.3, 0.4) is 0 Å². The highest BCUT2D eigenvalue weighted by molar-refractivity contribution is 7.82. The SMILES string of the molecule is CCCCCCO[PH](=O)[Si](C)(C)C. The minimum absolute atomic E-state index is 0.696. The standard InChI is InChI=1S/C9H23O2PSi/c1-5-6-7-8-9-11-12(10)13(2,3)4/h12H,5-9H2,1-4H3. The van der Waals surface area contributed by atoms with E-state index in [1.54, 1.807) is 0 Å². The quantitative estimate of drug-likeness (QED) is 0.371. The van der Waals surface area contributed by atoms with Crippen molar-refractivity contribution < 1.29 is 9.09 Å². The third-order valence-electron chi connectivity index (χ3n) is 1.84. The van der Waals surface area contributed by atoms with Crippen molar-refractivity contribution in [2.45, 2.75) is 52.2 Å². The summed E-state index contributed by atoms with van der Waals surface area (Å²) >= 11 is 0. The minimum atomic E-state index is -1.70. The van der Waals surface area contributed by atoms with E-state index in [2.05, 4.69) is 26.6 Å². The summed E-state index contributed by atoms with van der Waals surface area (Å²) in [4.78, 5) is 0. The fourth-order valence-corrected chi connectivity index (χ4v) is 3.28. The molecule has 0 fully saturated rings. The van der Waals surface area contributed by atoms with Crippen LogP contribution in [0.4, 0.5) is 0 Å². The van der Waals surface area contributed by atoms with Gasteiger partial charge in [-0.1, -0.05) is 45.8 Å². The van der Waals surface area contributed by atoms with E-state index in [0.717, 1.165) is 6.42 Å². The Hall–Kier alpha value is 0.407. The van der Waals surface area contributed by atoms with E-state index in [-0.39, 0.29) is 0 Å². The normalized spacial score (nSPS) is 14.5. The van der Waals surface area contributed by atoms with Crippen molar-refractivity contribution in [3.8, 4) is 0 Å². The Labute approximate surface area is 83.8 Å². The average Bonchev–Trinajstić information content (AvgIpc) is 2.02. The van der Waals surface area contributed by atoms with Crippen molar-refractivity contribution in [1.82, 2.24) is 0 Å². The maximum atomic E-state index is 11.5. The largest absolute Gasteiger partial charge is 0.334 e. The molecule has 0 N–H and O–H groups in total. The maximum absolute atomic E-state index is 11.5. The Morgan fingerprint density at radius 3 is 2.23 bits per heavy atom. The number of rotatable bonds is 7. The van der Waals surface area contributed by atoms with Crippen LogP contribution < -0.4 is 0 Å². The Morgan fingerprint density at radius 1 is 1.15 bits per heavy atom. The van der Waals surface area contributed by atoms with E-state index in [1.165, 1.54) is 19.3 Å². The summed E-state index contributed by atoms with van der Waals surface area (Å²) in [5.74, 6) is 0. The molecule has 0 amide bonds. The van der Waals surface area contributed by atoms with Gasteiger partial charge in [-0.2, -0.15) is 0 Å². The van der Waals surface area contributed by atoms with Crippen molar-refractivity contribution in [3.63, 3.8) is 0 Å². The van der Waals surface area contributed by atoms with Crippen LogP contribution in [0.1, 0.15) is 32.6 Å². The smallest absolute Gasteiger partial charge is 0.166 e. The molecule has 80 valence electrons. The molecule has 4 heteroatoms. The van der Waals surface area contributed by atoms with Crippen LogP contribution in [0, 0.1) is 0 Å². The number of hydrogen-bond donors (Lipinski definition) is 0. The second-order valence-electron chi connectivity index (χ2n) is 4.45. The molecule has 0 spiro atoms. The van der Waals surface area contributed by atoms with Crippen LogP contribution in [0.15, 0.2) is 0 Å². The molecular formula is C9H23O2PSi. The molecule has 0 saturated carbocycles. The Kier molecular flexibility index (Phi) is 7.01. The first-order valence-corrected chi connectivity index (χ1v) is 11.0. The molecule has 0 aromatic rings. The van der Waals surface area contributed by atoms with E-state index in [9.17, 15) is 4.57 Å². The highest BCUT2D eigenvalue weighted by Gasteiger charge is 2.22. The summed E-state index contributed by atoms with van der Waals surface area (Å²) in [6.45, 7) is 9.18. The molecule has 0 aliphatic rings. The molecule has 0 rings (SSSR count). The van der Waals surface area contributed by atoms with Crippen LogP contribution >= 0.6 is 7.58 Å². The van der Waals surface area contributed by atoms with Crippen LogP contribution in [0.5, 0.6) is 0 Å². The molecule has 0 heterocycles. The zero-order chi connectivity index (χ0) is 10.3. The minimum Gasteiger partial charge on any atom is -0.334 e. The predicted octanol–water partition coefficient (Wildman–Crippen LogP) is 3.89. The van der Waals surface area contributed by atoms with Crippen molar-refractivity contribution in [2.75, 3.05) is 6.61 Å². The Bertz CT molecular complexity index is 154. The average molecular weight is 222 g/mol. The van der Waals surface area contributed by atoms with E-state index in [4.69, 9.17) is 4.52 Å². The lowest BCUT2D eigenvalue weighted by molar-refractivity contribution is 0.323. The van der Waals surface area contributed by atoms with Gasteiger partial charge in [0, 0.05) is 0 Å². The van der Waals surface area contributed by atoms with Crippen molar-refractivity contribution in [2.24, 2.45) is 0 Å². The van der Waals surface area contributed by atoms with Gasteiger partial charge in [0.25, 0.3) is 0 Å². The molecule has 0 aliphatic heterocycles. The van der Waals surface area contributed by atoms with Gasteiger partial charge >= 0.3 is 0 Å². The molecule has 0 aromatic heterocycles. The molecule has 1 unspecified atom stereocenters. The molecule has 0 radical (unpaired) electrons. The Morgan fingerprint density at radius 2 is 1.77 bits per heavy atom. The summed E-state index contributed by atoms with van der Waals surface area (Å²) in [6, 6.07) is 0. The van der Waals surface area contributed by atoms with Crippen LogP contribution in [0.25, 0.3) is 0 Å². The first kappa shape index (κ1) is 13.4. The van der Waals surface area contributed by atoms with Crippen LogP contribution in [0.2, 0.25) is 19.6 Å². The van der Waals surface area contributed by atoms with Crippen molar-refractivity contribution in [1.29, 1.82) is 0 Å². The van der Waals surface area contributed by atoms with E-state index in [1.807, 2.05) is 0 Å². The van der Waals surface area contributed by atoms with Gasteiger partial charge in [0.2, 0.25) is 0 Å². The first-order valence-electron chi connectivity index (χ1n) is 5.15. The van der Waals surface area contributed by atoms with Gasteiger partial charge in [-0.25, -0.2) is 0 Å². The van der Waals surface area contributed by atoms with Crippen LogP contribution in [-0.4, -0.2) is 14.3 Å². The summed E-state index contributed by atoms with van der Waals surface area (Å²) in [6.07, 6.45) is 4.77. The molecule has 2 nitrogen and oxygen atoms in total. The summed E-state index contributed by atoms with van der Waals surface area (Å²) in [5, 5.41) is 0. The van der Waals surface area contributed by atoms with Gasteiger partial charge in [0.15, 0.2) is 7.58 Å². The topological polar surface area (TPSA) is 26.3 Å². The zero-order valence-corrected chi connectivity index (χ0v) is 11.4. The van der Waals surface area contributed by atoms with Gasteiger partial charge in [-0.3, -0.25) is 0 Å². The second-order valence-corrected chi connectivity index (χ2v) is 15.5. The molecule has 0 saturated heterocycles. The van der Waals surface area contributed by atoms with Gasteiger partial charge in [-0.05, 0) is 6.42 Å². The predicted molar refractivity (Wildman–Crippen MR) is 62.4 cm³/mol. The monoisotopic (exact) mass is 222 g/mol. The highest BCUT2D eigenvalue weighted by atomic mass is 31.4. The number of unbranched alkanes of at least 4 members (excludes halogenated alkanes) is 3. The molecule has 0 aliphatic carbocycles. The van der Waals surface area contributed by atoms with Gasteiger partial charge < -0.3 is 9.09 Å². The number of hydrogen-bond acceptors (Lipinski definition) is 2. The van der Waals surface area contributed by atoms with Gasteiger partial charge in [0.05, 0.1) is 6.61 Å². The fraction of sp³-hybridized carbons (Fsp3) is 1.00. The zero-order valence-electron chi connectivity index (χ0n) is 9.35. The summed E-state index contributed by atoms with van der Waals surface area (Å²) in [7, 11) is -3.21. The van der Waals surface area contributed by atoms with Crippen molar-refractivity contribution >= 4 is 15.3 Å². The lowest BCUT2D eigenvalue weighted by atomic mass is 10.2. The van der Waals surface area contributed by atoms with Gasteiger partial charge in [-0.15, -0.1) is 0 Å². The van der Waals surface area contributed by atoms with Crippen molar-refractivity contribution in [3.05, 3.63) is 0 Å². The lowest BCUT2D eigenvalue weighted by Crippen LogP contribution is -2.15. The van der Waals surface area contributed by atoms with E-state index < -0.39 is 15.3 Å². The maximum Gasteiger partial charge on any atom is 0.166 e. The summed E-state index contributed by atoms with van der Waals surface area (Å²) in [5.41, 5.74) is 0. The third kappa shape index (κ3) is 7.48. The third-order valence-corrected chi connectivity index (χ3v) is 7.64. The first-order chi connectivity index (χ1) is 5.98. The van der Waals surface area contributed by atoms with E-state index in [0.29, 0.717) is 6.61 Å². The Balaban J connectivity index is 3.38. The highest BCUT2D eigenvalue weighted by Crippen LogP contribution is 2.35. The molecular weight excluding hydrogens is 199 g/mol. The van der Waals surface area contributed by atoms with Gasteiger partial charge in [0.1, 0.15) is 7.74 Å². The molecule has 1 atom stereocenters. The molecule has 13 heavy (non-hydrogen) atoms.